The van der Waals surface area contributed by atoms with Crippen LogP contribution in [0.3, 0.4) is 0 Å². The predicted octanol–water partition coefficient (Wildman–Crippen LogP) is 1.81. The number of hydrogen-bond acceptors (Lipinski definition) is 3. The van der Waals surface area contributed by atoms with E-state index in [1.54, 1.807) is 0 Å². The minimum Gasteiger partial charge on any atom is -0.290 e. The second-order valence-electron chi connectivity index (χ2n) is 3.59. The van der Waals surface area contributed by atoms with Gasteiger partial charge in [-0.15, -0.1) is 0 Å². The van der Waals surface area contributed by atoms with Crippen molar-refractivity contribution >= 4 is 22.3 Å². The summed E-state index contributed by atoms with van der Waals surface area (Å²) in [5, 5.41) is 2.62. The van der Waals surface area contributed by atoms with Crippen LogP contribution in [0.15, 0.2) is 35.7 Å². The molecule has 0 saturated carbocycles. The summed E-state index contributed by atoms with van der Waals surface area (Å²) >= 11 is 1.46. The van der Waals surface area contributed by atoms with Gasteiger partial charge in [0.15, 0.2) is 6.54 Å². The molecule has 0 aliphatic heterocycles. The summed E-state index contributed by atoms with van der Waals surface area (Å²) in [4.78, 5) is 11.9. The van der Waals surface area contributed by atoms with Crippen molar-refractivity contribution in [1.29, 1.82) is 0 Å². The van der Waals surface area contributed by atoms with Crippen molar-refractivity contribution in [3.63, 3.8) is 0 Å². The summed E-state index contributed by atoms with van der Waals surface area (Å²) in [5.74, 6) is 0.0822. The molecule has 0 bridgehead atoms. The van der Waals surface area contributed by atoms with Crippen LogP contribution < -0.4 is 10.3 Å². The lowest BCUT2D eigenvalue weighted by atomic mass is 10.1. The zero-order chi connectivity index (χ0) is 11.5. The lowest BCUT2D eigenvalue weighted by Gasteiger charge is -2.00. The van der Waals surface area contributed by atoms with Gasteiger partial charge in [0.2, 0.25) is 5.78 Å². The van der Waals surface area contributed by atoms with Crippen molar-refractivity contribution in [2.24, 2.45) is 0 Å². The summed E-state index contributed by atoms with van der Waals surface area (Å²) in [5.41, 5.74) is 7.54. The minimum atomic E-state index is 0.0822. The van der Waals surface area contributed by atoms with Crippen LogP contribution in [0.5, 0.6) is 0 Å². The average Bonchev–Trinajstić information content (AvgIpc) is 2.62. The third-order valence-electron chi connectivity index (χ3n) is 2.44. The van der Waals surface area contributed by atoms with Crippen LogP contribution in [-0.2, 0) is 6.54 Å². The topological polar surface area (TPSA) is 47.0 Å². The number of carbonyl (C=O) groups is 1. The molecule has 0 amide bonds. The van der Waals surface area contributed by atoms with Crippen molar-refractivity contribution in [3.05, 3.63) is 47.0 Å². The highest BCUT2D eigenvalue weighted by Crippen LogP contribution is 2.09. The number of benzene rings is 1. The molecule has 2 aromatic rings. The zero-order valence-electron chi connectivity index (χ0n) is 9.01. The molecule has 16 heavy (non-hydrogen) atoms. The average molecular weight is 233 g/mol. The number of thiazole rings is 1. The van der Waals surface area contributed by atoms with Gasteiger partial charge in [0.05, 0.1) is 0 Å². The molecule has 2 rings (SSSR count). The van der Waals surface area contributed by atoms with Crippen molar-refractivity contribution in [2.45, 2.75) is 13.5 Å². The second-order valence-corrected chi connectivity index (χ2v) is 4.48. The van der Waals surface area contributed by atoms with Crippen LogP contribution >= 0.6 is 11.3 Å². The van der Waals surface area contributed by atoms with Gasteiger partial charge in [-0.2, -0.15) is 0 Å². The number of Topliss-reactive ketones (excluding diaryl/α,β-unsaturated/α-hetero) is 1. The largest absolute Gasteiger partial charge is 0.332 e. The molecular formula is C12H13N2OS+. The zero-order valence-corrected chi connectivity index (χ0v) is 9.83. The van der Waals surface area contributed by atoms with E-state index in [1.165, 1.54) is 11.3 Å². The first kappa shape index (κ1) is 10.8. The number of aromatic nitrogens is 1. The Kier molecular flexibility index (Phi) is 3.01. The Balaban J connectivity index is 2.21. The SMILES string of the molecule is Cc1csc(N)[n+]1CC(=O)c1ccccc1. The first-order valence-electron chi connectivity index (χ1n) is 5.00. The van der Waals surface area contributed by atoms with E-state index in [9.17, 15) is 4.79 Å². The van der Waals surface area contributed by atoms with Gasteiger partial charge >= 0.3 is 5.13 Å². The Morgan fingerprint density at radius 3 is 2.62 bits per heavy atom. The van der Waals surface area contributed by atoms with Crippen molar-refractivity contribution in [2.75, 3.05) is 5.73 Å². The molecule has 0 aliphatic rings. The Labute approximate surface area is 98.2 Å². The van der Waals surface area contributed by atoms with Gasteiger partial charge in [0, 0.05) is 10.9 Å². The van der Waals surface area contributed by atoms with E-state index >= 15 is 0 Å². The Hall–Kier alpha value is -1.68. The number of carbonyl (C=O) groups excluding carboxylic acids is 1. The van der Waals surface area contributed by atoms with Crippen LogP contribution in [0.25, 0.3) is 0 Å². The fourth-order valence-corrected chi connectivity index (χ4v) is 2.26. The minimum absolute atomic E-state index is 0.0822. The van der Waals surface area contributed by atoms with Gasteiger partial charge < -0.3 is 0 Å². The number of nitrogen functional groups attached to an aromatic ring is 1. The van der Waals surface area contributed by atoms with Gasteiger partial charge in [-0.3, -0.25) is 10.5 Å². The molecule has 0 aliphatic carbocycles. The van der Waals surface area contributed by atoms with Crippen molar-refractivity contribution in [1.82, 2.24) is 0 Å². The van der Waals surface area contributed by atoms with Gasteiger partial charge in [-0.1, -0.05) is 41.7 Å². The van der Waals surface area contributed by atoms with E-state index in [-0.39, 0.29) is 5.78 Å². The normalized spacial score (nSPS) is 10.3. The van der Waals surface area contributed by atoms with E-state index in [2.05, 4.69) is 0 Å². The highest BCUT2D eigenvalue weighted by molar-refractivity contribution is 7.13. The van der Waals surface area contributed by atoms with Crippen LogP contribution in [0.2, 0.25) is 0 Å². The lowest BCUT2D eigenvalue weighted by Crippen LogP contribution is -2.41. The lowest BCUT2D eigenvalue weighted by molar-refractivity contribution is -0.670. The standard InChI is InChI=1S/C12H12N2OS/c1-9-8-16-12(13)14(9)7-11(15)10-5-3-2-4-6-10/h2-6,8,13H,7H2,1H3/p+1. The quantitative estimate of drug-likeness (QED) is 0.649. The molecule has 82 valence electrons. The molecule has 3 nitrogen and oxygen atoms in total. The molecular weight excluding hydrogens is 220 g/mol. The molecule has 1 aromatic carbocycles. The summed E-state index contributed by atoms with van der Waals surface area (Å²) in [6, 6.07) is 9.26. The maximum atomic E-state index is 11.9. The predicted molar refractivity (Wildman–Crippen MR) is 64.4 cm³/mol. The number of ketones is 1. The summed E-state index contributed by atoms with van der Waals surface area (Å²) in [7, 11) is 0. The van der Waals surface area contributed by atoms with Gasteiger partial charge in [-0.05, 0) is 6.92 Å². The molecule has 1 aromatic heterocycles. The number of hydrogen-bond donors (Lipinski definition) is 1. The number of nitrogens with zero attached hydrogens (tertiary/aromatic N) is 1. The number of rotatable bonds is 3. The van der Waals surface area contributed by atoms with E-state index in [0.717, 1.165) is 11.3 Å². The Morgan fingerprint density at radius 1 is 1.38 bits per heavy atom. The molecule has 0 fully saturated rings. The van der Waals surface area contributed by atoms with Crippen LogP contribution in [0.1, 0.15) is 16.1 Å². The van der Waals surface area contributed by atoms with Crippen molar-refractivity contribution in [3.8, 4) is 0 Å². The highest BCUT2D eigenvalue weighted by atomic mass is 32.1. The molecule has 1 heterocycles. The third-order valence-corrected chi connectivity index (χ3v) is 3.36. The van der Waals surface area contributed by atoms with Gasteiger partial charge in [0.25, 0.3) is 0 Å². The number of aryl methyl sites for hydroxylation is 1. The third kappa shape index (κ3) is 2.12. The van der Waals surface area contributed by atoms with E-state index in [0.29, 0.717) is 11.7 Å². The first-order chi connectivity index (χ1) is 7.68. The van der Waals surface area contributed by atoms with Gasteiger partial charge in [0.1, 0.15) is 5.69 Å². The molecule has 0 radical (unpaired) electrons. The molecule has 2 N–H and O–H groups in total. The maximum Gasteiger partial charge on any atom is 0.332 e. The number of anilines is 1. The van der Waals surface area contributed by atoms with E-state index in [4.69, 9.17) is 5.73 Å². The van der Waals surface area contributed by atoms with Crippen molar-refractivity contribution < 1.29 is 9.36 Å². The smallest absolute Gasteiger partial charge is 0.290 e. The fourth-order valence-electron chi connectivity index (χ4n) is 1.51. The van der Waals surface area contributed by atoms with Crippen LogP contribution in [-0.4, -0.2) is 5.78 Å². The van der Waals surface area contributed by atoms with E-state index in [1.807, 2.05) is 47.2 Å². The Bertz CT molecular complexity index is 485. The molecule has 4 heteroatoms. The molecule has 0 unspecified atom stereocenters. The second kappa shape index (κ2) is 4.45. The molecule has 0 spiro atoms. The molecule has 0 saturated heterocycles. The summed E-state index contributed by atoms with van der Waals surface area (Å²) in [6.07, 6.45) is 0. The first-order valence-corrected chi connectivity index (χ1v) is 5.88. The van der Waals surface area contributed by atoms with Crippen LogP contribution in [0, 0.1) is 6.92 Å². The number of nitrogens with two attached hydrogens (primary N) is 1. The monoisotopic (exact) mass is 233 g/mol. The highest BCUT2D eigenvalue weighted by Gasteiger charge is 2.15. The summed E-state index contributed by atoms with van der Waals surface area (Å²) < 4.78 is 1.83. The van der Waals surface area contributed by atoms with Crippen LogP contribution in [0.4, 0.5) is 5.13 Å². The summed E-state index contributed by atoms with van der Waals surface area (Å²) in [6.45, 7) is 2.26. The maximum absolute atomic E-state index is 11.9. The van der Waals surface area contributed by atoms with E-state index < -0.39 is 0 Å². The molecule has 0 atom stereocenters. The van der Waals surface area contributed by atoms with Gasteiger partial charge in [-0.25, -0.2) is 4.57 Å². The Morgan fingerprint density at radius 2 is 2.06 bits per heavy atom. The fraction of sp³-hybridized carbons (Fsp3) is 0.167.